The van der Waals surface area contributed by atoms with Crippen molar-refractivity contribution in [2.24, 2.45) is 0 Å². The fourth-order valence-electron chi connectivity index (χ4n) is 3.44. The Kier molecular flexibility index (Phi) is 4.97. The molecule has 3 heteroatoms. The Bertz CT molecular complexity index is 676. The predicted octanol–water partition coefficient (Wildman–Crippen LogP) is 2.30. The van der Waals surface area contributed by atoms with E-state index in [1.807, 2.05) is 6.92 Å². The normalized spacial score (nSPS) is 18.0. The summed E-state index contributed by atoms with van der Waals surface area (Å²) in [5.41, 5.74) is 1.28. The van der Waals surface area contributed by atoms with Crippen molar-refractivity contribution in [1.29, 1.82) is 0 Å². The maximum Gasteiger partial charge on any atom is 0.278 e. The first-order valence-corrected chi connectivity index (χ1v) is 8.74. The molecule has 23 heavy (non-hydrogen) atoms. The highest BCUT2D eigenvalue weighted by Crippen LogP contribution is 2.17. The standard InChI is InChI=1S/C20H26N2O/c1-15(20(23)21-19-9-5-6-10-19)22(2)14-16-11-12-17-7-3-4-8-18(17)13-16/h3-4,7-8,11-13,15,19H,5-6,9-10,14H2,1-2H3,(H,21,23)/p+1/t15-/m1/s1. The molecule has 1 fully saturated rings. The zero-order valence-corrected chi connectivity index (χ0v) is 14.1. The van der Waals surface area contributed by atoms with E-state index >= 15 is 0 Å². The molecule has 1 aliphatic carbocycles. The van der Waals surface area contributed by atoms with Gasteiger partial charge in [-0.05, 0) is 36.6 Å². The summed E-state index contributed by atoms with van der Waals surface area (Å²) in [7, 11) is 2.11. The van der Waals surface area contributed by atoms with Gasteiger partial charge in [-0.3, -0.25) is 4.79 Å². The van der Waals surface area contributed by atoms with Gasteiger partial charge >= 0.3 is 0 Å². The summed E-state index contributed by atoms with van der Waals surface area (Å²) in [6.45, 7) is 2.89. The van der Waals surface area contributed by atoms with Crippen LogP contribution in [0.5, 0.6) is 0 Å². The maximum atomic E-state index is 12.4. The molecule has 0 radical (unpaired) electrons. The van der Waals surface area contributed by atoms with Crippen molar-refractivity contribution in [3.63, 3.8) is 0 Å². The fraction of sp³-hybridized carbons (Fsp3) is 0.450. The zero-order chi connectivity index (χ0) is 16.2. The molecule has 0 bridgehead atoms. The molecule has 2 aromatic rings. The minimum atomic E-state index is -0.0259. The first-order chi connectivity index (χ1) is 11.1. The number of fused-ring (bicyclic) bond motifs is 1. The van der Waals surface area contributed by atoms with Gasteiger partial charge in [-0.2, -0.15) is 0 Å². The van der Waals surface area contributed by atoms with Gasteiger partial charge in [0.25, 0.3) is 5.91 Å². The molecule has 0 heterocycles. The van der Waals surface area contributed by atoms with Crippen LogP contribution in [0.2, 0.25) is 0 Å². The summed E-state index contributed by atoms with van der Waals surface area (Å²) in [4.78, 5) is 13.6. The average molecular weight is 311 g/mol. The number of carbonyl (C=O) groups is 1. The Hall–Kier alpha value is -1.87. The van der Waals surface area contributed by atoms with Crippen LogP contribution in [-0.4, -0.2) is 25.0 Å². The fourth-order valence-corrected chi connectivity index (χ4v) is 3.44. The number of benzene rings is 2. The quantitative estimate of drug-likeness (QED) is 0.873. The van der Waals surface area contributed by atoms with E-state index in [2.05, 4.69) is 54.8 Å². The molecule has 0 saturated heterocycles. The van der Waals surface area contributed by atoms with Crippen molar-refractivity contribution in [2.45, 2.75) is 51.2 Å². The third-order valence-corrected chi connectivity index (χ3v) is 5.13. The number of amides is 1. The third-order valence-electron chi connectivity index (χ3n) is 5.13. The Morgan fingerprint density at radius 1 is 1.17 bits per heavy atom. The minimum absolute atomic E-state index is 0.0259. The van der Waals surface area contributed by atoms with Crippen molar-refractivity contribution in [1.82, 2.24) is 5.32 Å². The van der Waals surface area contributed by atoms with Crippen molar-refractivity contribution in [3.8, 4) is 0 Å². The molecule has 122 valence electrons. The largest absolute Gasteiger partial charge is 0.348 e. The second kappa shape index (κ2) is 7.14. The molecular formula is C20H27N2O+. The summed E-state index contributed by atoms with van der Waals surface area (Å²) in [5.74, 6) is 0.190. The third kappa shape index (κ3) is 3.91. The molecule has 3 nitrogen and oxygen atoms in total. The number of hydrogen-bond acceptors (Lipinski definition) is 1. The van der Waals surface area contributed by atoms with Crippen LogP contribution in [-0.2, 0) is 11.3 Å². The first kappa shape index (κ1) is 16.0. The SMILES string of the molecule is C[C@H](C(=O)NC1CCCC1)[NH+](C)Cc1ccc2ccccc2c1. The van der Waals surface area contributed by atoms with Gasteiger partial charge in [0.2, 0.25) is 0 Å². The number of nitrogens with one attached hydrogen (secondary N) is 2. The second-order valence-corrected chi connectivity index (χ2v) is 6.92. The van der Waals surface area contributed by atoms with Crippen LogP contribution in [0.3, 0.4) is 0 Å². The lowest BCUT2D eigenvalue weighted by molar-refractivity contribution is -0.908. The number of rotatable bonds is 5. The van der Waals surface area contributed by atoms with Crippen molar-refractivity contribution < 1.29 is 9.69 Å². The van der Waals surface area contributed by atoms with Crippen molar-refractivity contribution in [3.05, 3.63) is 48.0 Å². The number of likely N-dealkylation sites (N-methyl/N-ethyl adjacent to an activating group) is 1. The van der Waals surface area contributed by atoms with E-state index in [0.717, 1.165) is 19.4 Å². The van der Waals surface area contributed by atoms with E-state index in [0.29, 0.717) is 6.04 Å². The van der Waals surface area contributed by atoms with Gasteiger partial charge < -0.3 is 10.2 Å². The maximum absolute atomic E-state index is 12.4. The van der Waals surface area contributed by atoms with E-state index in [9.17, 15) is 4.79 Å². The van der Waals surface area contributed by atoms with Crippen LogP contribution >= 0.6 is 0 Å². The van der Waals surface area contributed by atoms with Crippen LogP contribution in [0.25, 0.3) is 10.8 Å². The highest BCUT2D eigenvalue weighted by Gasteiger charge is 2.25. The number of quaternary nitrogens is 1. The van der Waals surface area contributed by atoms with Gasteiger partial charge in [0.15, 0.2) is 6.04 Å². The monoisotopic (exact) mass is 311 g/mol. The van der Waals surface area contributed by atoms with Gasteiger partial charge in [-0.25, -0.2) is 0 Å². The molecule has 2 aromatic carbocycles. The number of carbonyl (C=O) groups excluding carboxylic acids is 1. The molecule has 0 spiro atoms. The lowest BCUT2D eigenvalue weighted by Crippen LogP contribution is -3.12. The summed E-state index contributed by atoms with van der Waals surface area (Å²) >= 11 is 0. The Balaban J connectivity index is 1.62. The van der Waals surface area contributed by atoms with E-state index in [-0.39, 0.29) is 11.9 Å². The molecule has 2 atom stereocenters. The number of hydrogen-bond donors (Lipinski definition) is 2. The van der Waals surface area contributed by atoms with Crippen LogP contribution in [0.1, 0.15) is 38.2 Å². The average Bonchev–Trinajstić information content (AvgIpc) is 3.07. The van der Waals surface area contributed by atoms with Gasteiger partial charge in [-0.1, -0.05) is 49.2 Å². The van der Waals surface area contributed by atoms with Gasteiger partial charge in [0.1, 0.15) is 6.54 Å². The molecule has 0 aliphatic heterocycles. The van der Waals surface area contributed by atoms with Crippen LogP contribution in [0, 0.1) is 0 Å². The molecule has 0 aromatic heterocycles. The van der Waals surface area contributed by atoms with Gasteiger partial charge in [0, 0.05) is 11.6 Å². The Morgan fingerprint density at radius 3 is 2.61 bits per heavy atom. The summed E-state index contributed by atoms with van der Waals surface area (Å²) in [6.07, 6.45) is 4.78. The van der Waals surface area contributed by atoms with Crippen LogP contribution in [0.15, 0.2) is 42.5 Å². The van der Waals surface area contributed by atoms with E-state index < -0.39 is 0 Å². The molecule has 1 unspecified atom stereocenters. The topological polar surface area (TPSA) is 33.5 Å². The Morgan fingerprint density at radius 2 is 1.87 bits per heavy atom. The summed E-state index contributed by atoms with van der Waals surface area (Å²) in [6, 6.07) is 15.4. The first-order valence-electron chi connectivity index (χ1n) is 8.74. The highest BCUT2D eigenvalue weighted by molar-refractivity contribution is 5.83. The Labute approximate surface area is 138 Å². The van der Waals surface area contributed by atoms with Gasteiger partial charge in [-0.15, -0.1) is 0 Å². The minimum Gasteiger partial charge on any atom is -0.348 e. The van der Waals surface area contributed by atoms with Crippen molar-refractivity contribution in [2.75, 3.05) is 7.05 Å². The summed E-state index contributed by atoms with van der Waals surface area (Å²) < 4.78 is 0. The van der Waals surface area contributed by atoms with E-state index in [1.54, 1.807) is 0 Å². The molecular weight excluding hydrogens is 284 g/mol. The smallest absolute Gasteiger partial charge is 0.278 e. The predicted molar refractivity (Wildman–Crippen MR) is 94.4 cm³/mol. The molecule has 1 amide bonds. The van der Waals surface area contributed by atoms with Crippen LogP contribution < -0.4 is 10.2 Å². The molecule has 3 rings (SSSR count). The van der Waals surface area contributed by atoms with E-state index in [1.165, 1.54) is 34.1 Å². The lowest BCUT2D eigenvalue weighted by atomic mass is 10.1. The molecule has 1 aliphatic rings. The van der Waals surface area contributed by atoms with Crippen LogP contribution in [0.4, 0.5) is 0 Å². The van der Waals surface area contributed by atoms with Gasteiger partial charge in [0.05, 0.1) is 7.05 Å². The molecule has 1 saturated carbocycles. The molecule has 2 N–H and O–H groups in total. The lowest BCUT2D eigenvalue weighted by Gasteiger charge is -2.23. The summed E-state index contributed by atoms with van der Waals surface area (Å²) in [5, 5.41) is 5.74. The highest BCUT2D eigenvalue weighted by atomic mass is 16.2. The van der Waals surface area contributed by atoms with E-state index in [4.69, 9.17) is 0 Å². The zero-order valence-electron chi connectivity index (χ0n) is 14.1. The van der Waals surface area contributed by atoms with Crippen molar-refractivity contribution >= 4 is 16.7 Å². The second-order valence-electron chi connectivity index (χ2n) is 6.92.